The first-order chi connectivity index (χ1) is 10.6. The van der Waals surface area contributed by atoms with Crippen molar-refractivity contribution in [1.82, 2.24) is 19.9 Å². The predicted octanol–water partition coefficient (Wildman–Crippen LogP) is 1.24. The maximum absolute atomic E-state index is 12.1. The van der Waals surface area contributed by atoms with Crippen molar-refractivity contribution in [2.45, 2.75) is 0 Å². The molecule has 0 atom stereocenters. The number of nitrogens with zero attached hydrogens (tertiary/aromatic N) is 4. The molecule has 8 heteroatoms. The minimum Gasteiger partial charge on any atom is -0.336 e. The van der Waals surface area contributed by atoms with Gasteiger partial charge in [-0.3, -0.25) is 14.6 Å². The average Bonchev–Trinajstić information content (AvgIpc) is 2.46. The van der Waals surface area contributed by atoms with E-state index in [9.17, 15) is 9.59 Å². The van der Waals surface area contributed by atoms with Crippen LogP contribution in [0.5, 0.6) is 0 Å². The molecule has 0 unspecified atom stereocenters. The van der Waals surface area contributed by atoms with Crippen molar-refractivity contribution in [2.24, 2.45) is 5.92 Å². The van der Waals surface area contributed by atoms with Gasteiger partial charge in [-0.2, -0.15) is 0 Å². The van der Waals surface area contributed by atoms with E-state index in [0.717, 1.165) is 0 Å². The number of likely N-dealkylation sites (tertiary alicyclic amines) is 1. The van der Waals surface area contributed by atoms with Gasteiger partial charge in [0.05, 0.1) is 12.1 Å². The van der Waals surface area contributed by atoms with E-state index < -0.39 is 0 Å². The third kappa shape index (κ3) is 3.04. The minimum absolute atomic E-state index is 0.148. The van der Waals surface area contributed by atoms with Crippen molar-refractivity contribution in [3.8, 4) is 0 Å². The Morgan fingerprint density at radius 2 is 2.05 bits per heavy atom. The molecule has 3 rings (SSSR count). The van der Waals surface area contributed by atoms with Crippen molar-refractivity contribution in [1.29, 1.82) is 0 Å². The predicted molar refractivity (Wildman–Crippen MR) is 79.3 cm³/mol. The molecule has 0 spiro atoms. The number of pyridine rings is 1. The van der Waals surface area contributed by atoms with Crippen LogP contribution in [0.2, 0.25) is 5.15 Å². The van der Waals surface area contributed by atoms with E-state index in [-0.39, 0.29) is 23.4 Å². The van der Waals surface area contributed by atoms with Crippen LogP contribution in [-0.4, -0.2) is 44.8 Å². The van der Waals surface area contributed by atoms with E-state index in [2.05, 4.69) is 20.3 Å². The van der Waals surface area contributed by atoms with Crippen molar-refractivity contribution >= 4 is 29.1 Å². The smallest absolute Gasteiger partial charge is 0.274 e. The van der Waals surface area contributed by atoms with Crippen LogP contribution < -0.4 is 5.32 Å². The molecule has 0 saturated carbocycles. The summed E-state index contributed by atoms with van der Waals surface area (Å²) in [6.45, 7) is 0.722. The highest BCUT2D eigenvalue weighted by atomic mass is 35.5. The molecule has 2 amide bonds. The number of nitrogens with one attached hydrogen (secondary N) is 1. The molecule has 1 N–H and O–H groups in total. The first-order valence-electron chi connectivity index (χ1n) is 6.61. The van der Waals surface area contributed by atoms with E-state index in [1.807, 2.05) is 0 Å². The van der Waals surface area contributed by atoms with Gasteiger partial charge in [0, 0.05) is 37.4 Å². The number of hydrogen-bond acceptors (Lipinski definition) is 5. The summed E-state index contributed by atoms with van der Waals surface area (Å²) in [5, 5.41) is 3.07. The third-order valence-corrected chi connectivity index (χ3v) is 3.52. The van der Waals surface area contributed by atoms with Crippen LogP contribution in [0.3, 0.4) is 0 Å². The van der Waals surface area contributed by atoms with Gasteiger partial charge in [0.25, 0.3) is 5.91 Å². The second kappa shape index (κ2) is 6.07. The number of carbonyl (C=O) groups excluding carboxylic acids is 2. The fraction of sp³-hybridized carbons (Fsp3) is 0.214. The molecule has 7 nitrogen and oxygen atoms in total. The summed E-state index contributed by atoms with van der Waals surface area (Å²) in [6.07, 6.45) is 5.89. The van der Waals surface area contributed by atoms with Gasteiger partial charge < -0.3 is 10.2 Å². The van der Waals surface area contributed by atoms with E-state index in [1.54, 1.807) is 17.0 Å². The van der Waals surface area contributed by atoms with Crippen LogP contribution >= 0.6 is 11.6 Å². The molecule has 1 aliphatic heterocycles. The Kier molecular flexibility index (Phi) is 3.97. The molecule has 3 heterocycles. The number of amides is 2. The highest BCUT2D eigenvalue weighted by Crippen LogP contribution is 2.20. The first-order valence-corrected chi connectivity index (χ1v) is 6.99. The highest BCUT2D eigenvalue weighted by molar-refractivity contribution is 6.29. The lowest BCUT2D eigenvalue weighted by Crippen LogP contribution is -2.54. The Hall–Kier alpha value is -2.54. The van der Waals surface area contributed by atoms with E-state index in [4.69, 9.17) is 11.6 Å². The maximum atomic E-state index is 12.1. The SMILES string of the molecule is O=C(Nc1ccnc(Cl)c1)C1CN(C(=O)c2cnccn2)C1. The van der Waals surface area contributed by atoms with Gasteiger partial charge in [0.15, 0.2) is 0 Å². The van der Waals surface area contributed by atoms with Gasteiger partial charge in [-0.1, -0.05) is 11.6 Å². The van der Waals surface area contributed by atoms with Gasteiger partial charge >= 0.3 is 0 Å². The van der Waals surface area contributed by atoms with Gasteiger partial charge in [0.2, 0.25) is 5.91 Å². The summed E-state index contributed by atoms with van der Waals surface area (Å²) in [5.74, 6) is -0.609. The van der Waals surface area contributed by atoms with Crippen LogP contribution in [-0.2, 0) is 4.79 Å². The summed E-state index contributed by atoms with van der Waals surface area (Å²) in [6, 6.07) is 3.23. The molecule has 1 aliphatic rings. The lowest BCUT2D eigenvalue weighted by molar-refractivity contribution is -0.123. The number of anilines is 1. The molecular weight excluding hydrogens is 306 g/mol. The Bertz CT molecular complexity index is 703. The molecular formula is C14H12ClN5O2. The zero-order chi connectivity index (χ0) is 15.5. The van der Waals surface area contributed by atoms with Crippen molar-refractivity contribution in [3.63, 3.8) is 0 Å². The summed E-state index contributed by atoms with van der Waals surface area (Å²) in [5.41, 5.74) is 0.867. The van der Waals surface area contributed by atoms with Crippen LogP contribution in [0.15, 0.2) is 36.9 Å². The molecule has 112 valence electrons. The zero-order valence-corrected chi connectivity index (χ0v) is 12.2. The summed E-state index contributed by atoms with van der Waals surface area (Å²) in [7, 11) is 0. The molecule has 0 radical (unpaired) electrons. The fourth-order valence-electron chi connectivity index (χ4n) is 2.11. The first kappa shape index (κ1) is 14.4. The fourth-order valence-corrected chi connectivity index (χ4v) is 2.28. The van der Waals surface area contributed by atoms with Crippen molar-refractivity contribution in [3.05, 3.63) is 47.8 Å². The molecule has 0 bridgehead atoms. The summed E-state index contributed by atoms with van der Waals surface area (Å²) in [4.78, 5) is 37.4. The second-order valence-electron chi connectivity index (χ2n) is 4.85. The van der Waals surface area contributed by atoms with Crippen LogP contribution in [0, 0.1) is 5.92 Å². The standard InChI is InChI=1S/C14H12ClN5O2/c15-12-5-10(1-2-18-12)19-13(21)9-7-20(8-9)14(22)11-6-16-3-4-17-11/h1-6,9H,7-8H2,(H,18,19,21). The number of rotatable bonds is 3. The Morgan fingerprint density at radius 1 is 1.23 bits per heavy atom. The molecule has 2 aromatic rings. The maximum Gasteiger partial charge on any atom is 0.274 e. The largest absolute Gasteiger partial charge is 0.336 e. The lowest BCUT2D eigenvalue weighted by Gasteiger charge is -2.37. The molecule has 0 aromatic carbocycles. The van der Waals surface area contributed by atoms with E-state index in [1.165, 1.54) is 24.8 Å². The molecule has 0 aliphatic carbocycles. The lowest BCUT2D eigenvalue weighted by atomic mass is 9.98. The third-order valence-electron chi connectivity index (χ3n) is 3.32. The Balaban J connectivity index is 1.55. The zero-order valence-electron chi connectivity index (χ0n) is 11.4. The molecule has 2 aromatic heterocycles. The van der Waals surface area contributed by atoms with Crippen molar-refractivity contribution in [2.75, 3.05) is 18.4 Å². The number of aromatic nitrogens is 3. The van der Waals surface area contributed by atoms with Gasteiger partial charge in [-0.25, -0.2) is 9.97 Å². The van der Waals surface area contributed by atoms with Gasteiger partial charge in [0.1, 0.15) is 10.8 Å². The Morgan fingerprint density at radius 3 is 2.73 bits per heavy atom. The summed E-state index contributed by atoms with van der Waals surface area (Å²) >= 11 is 5.76. The average molecular weight is 318 g/mol. The number of halogens is 1. The Labute approximate surface area is 131 Å². The monoisotopic (exact) mass is 317 g/mol. The quantitative estimate of drug-likeness (QED) is 0.860. The van der Waals surface area contributed by atoms with E-state index in [0.29, 0.717) is 23.9 Å². The van der Waals surface area contributed by atoms with Crippen LogP contribution in [0.1, 0.15) is 10.5 Å². The number of carbonyl (C=O) groups is 2. The minimum atomic E-state index is -0.243. The summed E-state index contributed by atoms with van der Waals surface area (Å²) < 4.78 is 0. The highest BCUT2D eigenvalue weighted by Gasteiger charge is 2.36. The molecule has 1 fully saturated rings. The van der Waals surface area contributed by atoms with Gasteiger partial charge in [-0.15, -0.1) is 0 Å². The topological polar surface area (TPSA) is 88.1 Å². The molecule has 1 saturated heterocycles. The van der Waals surface area contributed by atoms with E-state index >= 15 is 0 Å². The second-order valence-corrected chi connectivity index (χ2v) is 5.24. The van der Waals surface area contributed by atoms with Gasteiger partial charge in [-0.05, 0) is 12.1 Å². The van der Waals surface area contributed by atoms with Crippen LogP contribution in [0.25, 0.3) is 0 Å². The normalized spacial score (nSPS) is 14.3. The molecule has 22 heavy (non-hydrogen) atoms. The van der Waals surface area contributed by atoms with Crippen molar-refractivity contribution < 1.29 is 9.59 Å². The number of hydrogen-bond donors (Lipinski definition) is 1. The van der Waals surface area contributed by atoms with Crippen LogP contribution in [0.4, 0.5) is 5.69 Å².